The molecule has 0 radical (unpaired) electrons. The van der Waals surface area contributed by atoms with Crippen LogP contribution in [0.4, 0.5) is 0 Å². The maximum absolute atomic E-state index is 10.9. The molecule has 0 saturated heterocycles. The molecule has 1 fully saturated rings. The van der Waals surface area contributed by atoms with Gasteiger partial charge in [-0.25, -0.2) is 0 Å². The average molecular weight is 238 g/mol. The number of ether oxygens (including phenoxy) is 1. The molecule has 0 bridgehead atoms. The normalized spacial score (nSPS) is 20.7. The van der Waals surface area contributed by atoms with Gasteiger partial charge in [-0.2, -0.15) is 8.42 Å². The molecule has 1 N–H and O–H groups in total. The fourth-order valence-corrected chi connectivity index (χ4v) is 2.20. The smallest absolute Gasteiger partial charge is 0.308 e. The molecule has 0 unspecified atom stereocenters. The monoisotopic (exact) mass is 238 g/mol. The molecule has 7 heteroatoms. The third kappa shape index (κ3) is 3.44. The predicted molar refractivity (Wildman–Crippen MR) is 50.5 cm³/mol. The van der Waals surface area contributed by atoms with E-state index in [2.05, 4.69) is 4.74 Å². The zero-order chi connectivity index (χ0) is 11.7. The Balaban J connectivity index is 2.59. The van der Waals surface area contributed by atoms with E-state index in [1.54, 1.807) is 0 Å². The molecule has 1 saturated carbocycles. The van der Waals surface area contributed by atoms with Crippen LogP contribution in [-0.2, 0) is 23.8 Å². The number of aliphatic hydroxyl groups is 1. The molecule has 1 aliphatic carbocycles. The van der Waals surface area contributed by atoms with Crippen LogP contribution in [0.25, 0.3) is 0 Å². The molecule has 0 aromatic rings. The third-order valence-electron chi connectivity index (χ3n) is 2.26. The van der Waals surface area contributed by atoms with E-state index < -0.39 is 27.8 Å². The van der Waals surface area contributed by atoms with Crippen molar-refractivity contribution in [2.75, 3.05) is 13.4 Å². The van der Waals surface area contributed by atoms with Crippen LogP contribution in [0.1, 0.15) is 19.3 Å². The number of rotatable bonds is 5. The van der Waals surface area contributed by atoms with Gasteiger partial charge in [0, 0.05) is 0 Å². The number of hydrogen-bond donors (Lipinski definition) is 1. The van der Waals surface area contributed by atoms with E-state index in [9.17, 15) is 18.3 Å². The van der Waals surface area contributed by atoms with Crippen molar-refractivity contribution in [3.63, 3.8) is 0 Å². The van der Waals surface area contributed by atoms with Crippen molar-refractivity contribution in [2.45, 2.75) is 31.0 Å². The van der Waals surface area contributed by atoms with Gasteiger partial charge in [-0.3, -0.25) is 8.98 Å². The van der Waals surface area contributed by atoms with Crippen molar-refractivity contribution >= 4 is 16.1 Å². The van der Waals surface area contributed by atoms with Crippen LogP contribution in [0.5, 0.6) is 0 Å². The van der Waals surface area contributed by atoms with E-state index in [1.807, 2.05) is 0 Å². The highest BCUT2D eigenvalue weighted by Gasteiger charge is 2.53. The van der Waals surface area contributed by atoms with Gasteiger partial charge >= 0.3 is 5.97 Å². The number of hydrogen-bond acceptors (Lipinski definition) is 6. The number of esters is 1. The van der Waals surface area contributed by atoms with Crippen molar-refractivity contribution < 1.29 is 27.2 Å². The first-order chi connectivity index (χ1) is 6.79. The number of methoxy groups -OCH3 is 1. The molecular weight excluding hydrogens is 224 g/mol. The van der Waals surface area contributed by atoms with Crippen LogP contribution in [-0.4, -0.2) is 44.6 Å². The Bertz CT molecular complexity index is 342. The molecule has 1 aliphatic rings. The van der Waals surface area contributed by atoms with E-state index >= 15 is 0 Å². The van der Waals surface area contributed by atoms with Gasteiger partial charge in [-0.1, -0.05) is 0 Å². The van der Waals surface area contributed by atoms with Gasteiger partial charge in [0.25, 0.3) is 10.1 Å². The van der Waals surface area contributed by atoms with E-state index in [4.69, 9.17) is 4.18 Å². The Hall–Kier alpha value is -0.660. The van der Waals surface area contributed by atoms with Crippen LogP contribution in [0.3, 0.4) is 0 Å². The molecule has 1 rings (SSSR count). The summed E-state index contributed by atoms with van der Waals surface area (Å²) in [6, 6.07) is 0. The number of carbonyl (C=O) groups excluding carboxylic acids is 1. The van der Waals surface area contributed by atoms with Gasteiger partial charge in [-0.15, -0.1) is 0 Å². The second-order valence-corrected chi connectivity index (χ2v) is 5.22. The first-order valence-electron chi connectivity index (χ1n) is 4.44. The second-order valence-electron chi connectivity index (χ2n) is 3.65. The van der Waals surface area contributed by atoms with Gasteiger partial charge in [0.15, 0.2) is 0 Å². The van der Waals surface area contributed by atoms with Crippen molar-refractivity contribution in [1.29, 1.82) is 0 Å². The summed E-state index contributed by atoms with van der Waals surface area (Å²) in [6.07, 6.45) is 0.375. The van der Waals surface area contributed by atoms with Crippen LogP contribution in [0.2, 0.25) is 0 Å². The van der Waals surface area contributed by atoms with Crippen LogP contribution in [0, 0.1) is 0 Å². The quantitative estimate of drug-likeness (QED) is 0.509. The molecule has 15 heavy (non-hydrogen) atoms. The molecule has 1 atom stereocenters. The van der Waals surface area contributed by atoms with Crippen molar-refractivity contribution in [1.82, 2.24) is 0 Å². The minimum absolute atomic E-state index is 0.258. The first kappa shape index (κ1) is 12.4. The van der Waals surface area contributed by atoms with Crippen LogP contribution in [0.15, 0.2) is 0 Å². The minimum atomic E-state index is -3.62. The topological polar surface area (TPSA) is 89.9 Å². The Morgan fingerprint density at radius 3 is 2.40 bits per heavy atom. The summed E-state index contributed by atoms with van der Waals surface area (Å²) in [4.78, 5) is 10.9. The minimum Gasteiger partial charge on any atom is -0.469 e. The lowest BCUT2D eigenvalue weighted by Crippen LogP contribution is -2.35. The zero-order valence-electron chi connectivity index (χ0n) is 8.60. The maximum atomic E-state index is 10.9. The molecule has 0 heterocycles. The molecular formula is C8H14O6S. The fraction of sp³-hybridized carbons (Fsp3) is 0.875. The molecule has 0 aliphatic heterocycles. The largest absolute Gasteiger partial charge is 0.469 e. The second kappa shape index (κ2) is 4.07. The third-order valence-corrected chi connectivity index (χ3v) is 2.89. The standard InChI is InChI=1S/C8H14O6S/c1-13-7(10)5-6(9)8(3-4-8)14-15(2,11)12/h6,9H,3-5H2,1-2H3/t6-/m0/s1. The maximum Gasteiger partial charge on any atom is 0.308 e. The molecule has 0 aromatic carbocycles. The van der Waals surface area contributed by atoms with Crippen LogP contribution >= 0.6 is 0 Å². The summed E-state index contributed by atoms with van der Waals surface area (Å²) in [5, 5.41) is 9.61. The van der Waals surface area contributed by atoms with Gasteiger partial charge in [0.2, 0.25) is 0 Å². The van der Waals surface area contributed by atoms with Crippen molar-refractivity contribution in [2.24, 2.45) is 0 Å². The van der Waals surface area contributed by atoms with Crippen molar-refractivity contribution in [3.8, 4) is 0 Å². The average Bonchev–Trinajstić information content (AvgIpc) is 2.82. The van der Waals surface area contributed by atoms with E-state index in [0.717, 1.165) is 6.26 Å². The Labute approximate surface area is 88.3 Å². The fourth-order valence-electron chi connectivity index (χ4n) is 1.32. The zero-order valence-corrected chi connectivity index (χ0v) is 9.41. The Kier molecular flexibility index (Phi) is 3.37. The highest BCUT2D eigenvalue weighted by Crippen LogP contribution is 2.44. The first-order valence-corrected chi connectivity index (χ1v) is 6.26. The van der Waals surface area contributed by atoms with E-state index in [0.29, 0.717) is 12.8 Å². The van der Waals surface area contributed by atoms with Crippen molar-refractivity contribution in [3.05, 3.63) is 0 Å². The molecule has 0 spiro atoms. The van der Waals surface area contributed by atoms with E-state index in [-0.39, 0.29) is 6.42 Å². The summed E-state index contributed by atoms with van der Waals surface area (Å²) in [5.74, 6) is -0.592. The van der Waals surface area contributed by atoms with Gasteiger partial charge < -0.3 is 9.84 Å². The molecule has 0 amide bonds. The highest BCUT2D eigenvalue weighted by molar-refractivity contribution is 7.86. The Morgan fingerprint density at radius 1 is 1.53 bits per heavy atom. The van der Waals surface area contributed by atoms with E-state index in [1.165, 1.54) is 7.11 Å². The number of aliphatic hydroxyl groups excluding tert-OH is 1. The summed E-state index contributed by atoms with van der Waals surface area (Å²) in [6.45, 7) is 0. The summed E-state index contributed by atoms with van der Waals surface area (Å²) < 4.78 is 30.9. The molecule has 6 nitrogen and oxygen atoms in total. The van der Waals surface area contributed by atoms with Gasteiger partial charge in [0.05, 0.1) is 25.9 Å². The van der Waals surface area contributed by atoms with Crippen LogP contribution < -0.4 is 0 Å². The Morgan fingerprint density at radius 2 is 2.07 bits per heavy atom. The highest BCUT2D eigenvalue weighted by atomic mass is 32.2. The SMILES string of the molecule is COC(=O)C[C@H](O)C1(OS(C)(=O)=O)CC1. The molecule has 0 aromatic heterocycles. The van der Waals surface area contributed by atoms with Gasteiger partial charge in [-0.05, 0) is 12.8 Å². The lowest BCUT2D eigenvalue weighted by atomic mass is 10.1. The summed E-state index contributed by atoms with van der Waals surface area (Å²) in [5.41, 5.74) is -1.11. The molecule has 88 valence electrons. The number of carbonyl (C=O) groups is 1. The van der Waals surface area contributed by atoms with Gasteiger partial charge in [0.1, 0.15) is 5.60 Å². The lowest BCUT2D eigenvalue weighted by Gasteiger charge is -2.20. The summed E-state index contributed by atoms with van der Waals surface area (Å²) >= 11 is 0. The lowest BCUT2D eigenvalue weighted by molar-refractivity contribution is -0.144. The predicted octanol–water partition coefficient (Wildman–Crippen LogP) is -0.581. The summed E-state index contributed by atoms with van der Waals surface area (Å²) in [7, 11) is -2.42.